The molecule has 0 saturated carbocycles. The van der Waals surface area contributed by atoms with Gasteiger partial charge < -0.3 is 30.2 Å². The number of nitrogens with two attached hydrogens (primary N) is 1. The van der Waals surface area contributed by atoms with Crippen LogP contribution in [0.4, 0.5) is 0 Å². The summed E-state index contributed by atoms with van der Waals surface area (Å²) in [5.41, 5.74) is 7.84. The number of pyridine rings is 1. The molecule has 8 nitrogen and oxygen atoms in total. The third-order valence-corrected chi connectivity index (χ3v) is 7.07. The smallest absolute Gasteiger partial charge is 0.163 e. The number of carbonyl (C=O) groups excluding carboxylic acids is 1. The Kier molecular flexibility index (Phi) is 7.76. The van der Waals surface area contributed by atoms with Gasteiger partial charge in [-0.1, -0.05) is 29.8 Å². The van der Waals surface area contributed by atoms with Gasteiger partial charge in [0.05, 0.1) is 24.9 Å². The molecule has 8 heteroatoms. The number of nitrogens with zero attached hydrogens (tertiary/aromatic N) is 1. The molecule has 39 heavy (non-hydrogen) atoms. The minimum atomic E-state index is -1.40. The maximum Gasteiger partial charge on any atom is 0.163 e. The van der Waals surface area contributed by atoms with Gasteiger partial charge in [-0.15, -0.1) is 0 Å². The summed E-state index contributed by atoms with van der Waals surface area (Å²) in [5.74, 6) is 1.28. The van der Waals surface area contributed by atoms with Gasteiger partial charge in [-0.3, -0.25) is 4.79 Å². The number of methoxy groups -OCH3 is 1. The van der Waals surface area contributed by atoms with E-state index < -0.39 is 16.7 Å². The molecule has 208 valence electrons. The Bertz CT molecular complexity index is 1360. The van der Waals surface area contributed by atoms with E-state index in [2.05, 4.69) is 0 Å². The number of ether oxygens (including phenoxy) is 3. The molecule has 0 amide bonds. The second kappa shape index (κ2) is 10.6. The van der Waals surface area contributed by atoms with Crippen LogP contribution in [-0.4, -0.2) is 46.9 Å². The van der Waals surface area contributed by atoms with Crippen LogP contribution >= 0.6 is 0 Å². The van der Waals surface area contributed by atoms with E-state index >= 15 is 0 Å². The first kappa shape index (κ1) is 28.5. The molecule has 4 N–H and O–H groups in total. The monoisotopic (exact) mass is 534 g/mol. The van der Waals surface area contributed by atoms with Gasteiger partial charge in [0.25, 0.3) is 0 Å². The third-order valence-electron chi connectivity index (χ3n) is 7.07. The summed E-state index contributed by atoms with van der Waals surface area (Å²) >= 11 is 0. The van der Waals surface area contributed by atoms with Crippen molar-refractivity contribution in [3.05, 3.63) is 70.9 Å². The maximum atomic E-state index is 13.1. The van der Waals surface area contributed by atoms with Crippen molar-refractivity contribution >= 4 is 5.78 Å². The van der Waals surface area contributed by atoms with Crippen LogP contribution in [0.5, 0.6) is 17.2 Å². The number of aliphatic hydroxyl groups is 2. The van der Waals surface area contributed by atoms with Gasteiger partial charge in [-0.2, -0.15) is 0 Å². The average molecular weight is 535 g/mol. The van der Waals surface area contributed by atoms with Crippen molar-refractivity contribution in [2.24, 2.45) is 5.73 Å². The first-order valence-corrected chi connectivity index (χ1v) is 13.0. The largest absolute Gasteiger partial charge is 0.493 e. The number of Topliss-reactive ketones (excluding diaryl/α,β-unsaturated/α-hetero) is 1. The van der Waals surface area contributed by atoms with Gasteiger partial charge in [0.15, 0.2) is 23.0 Å². The Morgan fingerprint density at radius 1 is 1.13 bits per heavy atom. The number of hydrogen-bond acceptors (Lipinski definition) is 8. The zero-order valence-corrected chi connectivity index (χ0v) is 23.5. The number of aliphatic hydroxyl groups excluding tert-OH is 1. The standard InChI is InChI=1S/C31H38N2O6/c1-19-7-9-20(10-8-19)27-28-22(30(4,32)18-38-28)16-26(33-27)31(5,36)14-13-23(35)21-11-12-24(25(15-21)37-6)39-29(2,3)17-34/h7-12,15-16,34,36H,13-14,17-18,32H2,1-6H3. The van der Waals surface area contributed by atoms with Crippen molar-refractivity contribution in [1.82, 2.24) is 4.98 Å². The Balaban J connectivity index is 1.59. The number of aryl methyl sites for hydroxylation is 1. The zero-order valence-electron chi connectivity index (χ0n) is 23.5. The van der Waals surface area contributed by atoms with E-state index in [-0.39, 0.29) is 25.2 Å². The second-order valence-corrected chi connectivity index (χ2v) is 11.4. The summed E-state index contributed by atoms with van der Waals surface area (Å²) < 4.78 is 17.2. The van der Waals surface area contributed by atoms with Crippen molar-refractivity contribution < 1.29 is 29.2 Å². The highest BCUT2D eigenvalue weighted by Gasteiger charge is 2.38. The SMILES string of the molecule is COc1cc(C(=O)CCC(C)(O)c2cc3c(c(-c4ccc(C)cc4)n2)OCC3(C)N)ccc1OC(C)(C)CO. The van der Waals surface area contributed by atoms with Crippen LogP contribution in [-0.2, 0) is 11.1 Å². The van der Waals surface area contributed by atoms with Crippen LogP contribution in [0.25, 0.3) is 11.3 Å². The summed E-state index contributed by atoms with van der Waals surface area (Å²) in [6, 6.07) is 14.7. The summed E-state index contributed by atoms with van der Waals surface area (Å²) in [6.45, 7) is 9.20. The van der Waals surface area contributed by atoms with Crippen molar-refractivity contribution in [3.8, 4) is 28.5 Å². The van der Waals surface area contributed by atoms with Gasteiger partial charge in [0.1, 0.15) is 23.5 Å². The van der Waals surface area contributed by atoms with Crippen LogP contribution < -0.4 is 19.9 Å². The number of aromatic nitrogens is 1. The average Bonchev–Trinajstić information content (AvgIpc) is 3.21. The predicted molar refractivity (Wildman–Crippen MR) is 149 cm³/mol. The lowest BCUT2D eigenvalue weighted by Crippen LogP contribution is -2.35. The van der Waals surface area contributed by atoms with Gasteiger partial charge in [-0.25, -0.2) is 4.98 Å². The number of benzene rings is 2. The van der Waals surface area contributed by atoms with Gasteiger partial charge >= 0.3 is 0 Å². The fraction of sp³-hybridized carbons (Fsp3) is 0.419. The molecule has 0 fully saturated rings. The van der Waals surface area contributed by atoms with Crippen LogP contribution in [0.15, 0.2) is 48.5 Å². The molecule has 1 aromatic heterocycles. The molecule has 3 aromatic rings. The van der Waals surface area contributed by atoms with Gasteiger partial charge in [0, 0.05) is 23.1 Å². The second-order valence-electron chi connectivity index (χ2n) is 11.4. The zero-order chi connectivity index (χ0) is 28.6. The lowest BCUT2D eigenvalue weighted by molar-refractivity contribution is 0.0386. The summed E-state index contributed by atoms with van der Waals surface area (Å²) in [4.78, 5) is 18.0. The highest BCUT2D eigenvalue weighted by atomic mass is 16.5. The van der Waals surface area contributed by atoms with Crippen LogP contribution in [0.1, 0.15) is 67.7 Å². The molecule has 0 saturated heterocycles. The van der Waals surface area contributed by atoms with Crippen LogP contribution in [0.3, 0.4) is 0 Å². The van der Waals surface area contributed by atoms with E-state index in [1.807, 2.05) is 38.1 Å². The van der Waals surface area contributed by atoms with Crippen LogP contribution in [0, 0.1) is 6.92 Å². The topological polar surface area (TPSA) is 124 Å². The molecule has 4 rings (SSSR count). The normalized spacial score (nSPS) is 18.2. The van der Waals surface area contributed by atoms with Crippen molar-refractivity contribution in [3.63, 3.8) is 0 Å². The first-order chi connectivity index (χ1) is 18.3. The van der Waals surface area contributed by atoms with E-state index in [1.54, 1.807) is 45.0 Å². The van der Waals surface area contributed by atoms with E-state index in [9.17, 15) is 15.0 Å². The molecule has 1 aliphatic heterocycles. The van der Waals surface area contributed by atoms with E-state index in [4.69, 9.17) is 24.9 Å². The molecular formula is C31H38N2O6. The lowest BCUT2D eigenvalue weighted by atomic mass is 9.88. The van der Waals surface area contributed by atoms with E-state index in [1.165, 1.54) is 7.11 Å². The summed E-state index contributed by atoms with van der Waals surface area (Å²) in [5, 5.41) is 21.0. The highest BCUT2D eigenvalue weighted by molar-refractivity contribution is 5.96. The van der Waals surface area contributed by atoms with E-state index in [0.717, 1.165) is 16.7 Å². The third kappa shape index (κ3) is 6.08. The van der Waals surface area contributed by atoms with E-state index in [0.29, 0.717) is 40.8 Å². The van der Waals surface area contributed by atoms with Crippen molar-refractivity contribution in [1.29, 1.82) is 0 Å². The molecule has 2 aromatic carbocycles. The van der Waals surface area contributed by atoms with Crippen LogP contribution in [0.2, 0.25) is 0 Å². The molecule has 0 aliphatic carbocycles. The molecule has 0 spiro atoms. The fourth-order valence-corrected chi connectivity index (χ4v) is 4.47. The first-order valence-electron chi connectivity index (χ1n) is 13.0. The number of ketones is 1. The highest BCUT2D eigenvalue weighted by Crippen LogP contribution is 2.44. The lowest BCUT2D eigenvalue weighted by Gasteiger charge is -2.26. The van der Waals surface area contributed by atoms with Crippen molar-refractivity contribution in [2.45, 2.75) is 64.2 Å². The fourth-order valence-electron chi connectivity index (χ4n) is 4.47. The Morgan fingerprint density at radius 2 is 1.82 bits per heavy atom. The summed E-state index contributed by atoms with van der Waals surface area (Å²) in [6.07, 6.45) is 0.221. The number of fused-ring (bicyclic) bond motifs is 1. The maximum absolute atomic E-state index is 13.1. The Labute approximate surface area is 229 Å². The van der Waals surface area contributed by atoms with Gasteiger partial charge in [0.2, 0.25) is 0 Å². The predicted octanol–water partition coefficient (Wildman–Crippen LogP) is 4.65. The van der Waals surface area contributed by atoms with Gasteiger partial charge in [-0.05, 0) is 65.3 Å². The minimum absolute atomic E-state index is 0.0769. The minimum Gasteiger partial charge on any atom is -0.493 e. The molecule has 0 bridgehead atoms. The molecule has 1 aliphatic rings. The molecule has 2 heterocycles. The van der Waals surface area contributed by atoms with Crippen molar-refractivity contribution in [2.75, 3.05) is 20.3 Å². The molecule has 0 radical (unpaired) electrons. The Hall–Kier alpha value is -3.46. The molecule has 2 unspecified atom stereocenters. The number of carbonyl (C=O) groups is 1. The quantitative estimate of drug-likeness (QED) is 0.321. The Morgan fingerprint density at radius 3 is 2.46 bits per heavy atom. The number of hydrogen-bond donors (Lipinski definition) is 3. The number of rotatable bonds is 10. The molecular weight excluding hydrogens is 496 g/mol. The molecule has 2 atom stereocenters. The summed E-state index contributed by atoms with van der Waals surface area (Å²) in [7, 11) is 1.49.